The van der Waals surface area contributed by atoms with Gasteiger partial charge in [-0.15, -0.1) is 0 Å². The fraction of sp³-hybridized carbons (Fsp3) is 0.278. The Morgan fingerprint density at radius 3 is 2.74 bits per heavy atom. The van der Waals surface area contributed by atoms with E-state index in [9.17, 15) is 4.79 Å². The molecule has 0 aliphatic heterocycles. The molecule has 3 heterocycles. The lowest BCUT2D eigenvalue weighted by molar-refractivity contribution is 0.364. The number of benzene rings is 1. The van der Waals surface area contributed by atoms with Crippen molar-refractivity contribution in [2.24, 2.45) is 7.05 Å². The summed E-state index contributed by atoms with van der Waals surface area (Å²) in [6, 6.07) is 7.65. The molecule has 0 bridgehead atoms. The third-order valence-electron chi connectivity index (χ3n) is 4.35. The fourth-order valence-corrected chi connectivity index (χ4v) is 3.10. The van der Waals surface area contributed by atoms with Gasteiger partial charge < -0.3 is 4.52 Å². The van der Waals surface area contributed by atoms with Gasteiger partial charge in [0.25, 0.3) is 5.56 Å². The first-order valence-corrected chi connectivity index (χ1v) is 8.83. The van der Waals surface area contributed by atoms with Crippen LogP contribution in [0.3, 0.4) is 0 Å². The average molecular weight is 385 g/mol. The largest absolute Gasteiger partial charge is 0.337 e. The van der Waals surface area contributed by atoms with Crippen LogP contribution in [0.15, 0.2) is 39.9 Å². The van der Waals surface area contributed by atoms with Crippen molar-refractivity contribution in [3.63, 3.8) is 0 Å². The van der Waals surface area contributed by atoms with E-state index in [2.05, 4.69) is 20.2 Å². The first kappa shape index (κ1) is 17.4. The Hall–Kier alpha value is -3.00. The van der Waals surface area contributed by atoms with E-state index in [1.807, 2.05) is 31.2 Å². The maximum absolute atomic E-state index is 12.7. The summed E-state index contributed by atoms with van der Waals surface area (Å²) >= 11 is 5.89. The molecular weight excluding hydrogens is 368 g/mol. The van der Waals surface area contributed by atoms with E-state index in [0.717, 1.165) is 17.7 Å². The van der Waals surface area contributed by atoms with E-state index in [4.69, 9.17) is 16.1 Å². The SMILES string of the molecule is Cc1nn(C)c2c(=O)n(Cc3nc(CCc4ccc(Cl)cc4)no3)cnc12. The van der Waals surface area contributed by atoms with Crippen LogP contribution in [-0.2, 0) is 26.4 Å². The Labute approximate surface area is 159 Å². The second-order valence-electron chi connectivity index (χ2n) is 6.31. The molecular formula is C18H17ClN6O2. The molecule has 0 aliphatic carbocycles. The monoisotopic (exact) mass is 384 g/mol. The van der Waals surface area contributed by atoms with Gasteiger partial charge >= 0.3 is 0 Å². The molecule has 0 saturated carbocycles. The molecule has 0 spiro atoms. The minimum absolute atomic E-state index is 0.167. The minimum atomic E-state index is -0.191. The van der Waals surface area contributed by atoms with Crippen molar-refractivity contribution in [2.75, 3.05) is 0 Å². The lowest BCUT2D eigenvalue weighted by Gasteiger charge is -2.02. The van der Waals surface area contributed by atoms with Crippen molar-refractivity contribution in [1.29, 1.82) is 0 Å². The van der Waals surface area contributed by atoms with E-state index in [0.29, 0.717) is 34.2 Å². The van der Waals surface area contributed by atoms with Crippen LogP contribution in [0.1, 0.15) is 23.0 Å². The summed E-state index contributed by atoms with van der Waals surface area (Å²) < 4.78 is 8.27. The Morgan fingerprint density at radius 1 is 1.19 bits per heavy atom. The first-order chi connectivity index (χ1) is 13.0. The van der Waals surface area contributed by atoms with Crippen molar-refractivity contribution in [2.45, 2.75) is 26.3 Å². The maximum Gasteiger partial charge on any atom is 0.279 e. The summed E-state index contributed by atoms with van der Waals surface area (Å²) in [5.74, 6) is 0.960. The zero-order chi connectivity index (χ0) is 19.0. The molecule has 0 N–H and O–H groups in total. The quantitative estimate of drug-likeness (QED) is 0.524. The molecule has 138 valence electrons. The Bertz CT molecular complexity index is 1160. The highest BCUT2D eigenvalue weighted by Crippen LogP contribution is 2.12. The molecule has 8 nitrogen and oxygen atoms in total. The van der Waals surface area contributed by atoms with Gasteiger partial charge in [-0.1, -0.05) is 28.9 Å². The summed E-state index contributed by atoms with van der Waals surface area (Å²) in [5, 5.41) is 8.94. The molecule has 3 aromatic heterocycles. The molecule has 4 rings (SSSR count). The summed E-state index contributed by atoms with van der Waals surface area (Å²) in [6.07, 6.45) is 2.90. The molecule has 9 heteroatoms. The van der Waals surface area contributed by atoms with Crippen LogP contribution < -0.4 is 5.56 Å². The zero-order valence-electron chi connectivity index (χ0n) is 14.9. The van der Waals surface area contributed by atoms with E-state index in [-0.39, 0.29) is 12.1 Å². The number of fused-ring (bicyclic) bond motifs is 1. The van der Waals surface area contributed by atoms with Crippen LogP contribution in [0, 0.1) is 6.92 Å². The van der Waals surface area contributed by atoms with E-state index in [1.54, 1.807) is 11.7 Å². The summed E-state index contributed by atoms with van der Waals surface area (Å²) in [4.78, 5) is 21.4. The lowest BCUT2D eigenvalue weighted by Crippen LogP contribution is -2.22. The third-order valence-corrected chi connectivity index (χ3v) is 4.60. The van der Waals surface area contributed by atoms with Gasteiger partial charge in [0.05, 0.1) is 12.0 Å². The van der Waals surface area contributed by atoms with E-state index in [1.165, 1.54) is 10.9 Å². The van der Waals surface area contributed by atoms with Crippen LogP contribution in [0.2, 0.25) is 5.02 Å². The highest BCUT2D eigenvalue weighted by Gasteiger charge is 2.14. The summed E-state index contributed by atoms with van der Waals surface area (Å²) in [7, 11) is 1.73. The highest BCUT2D eigenvalue weighted by atomic mass is 35.5. The summed E-state index contributed by atoms with van der Waals surface area (Å²) in [6.45, 7) is 1.99. The van der Waals surface area contributed by atoms with Gasteiger partial charge in [-0.05, 0) is 31.0 Å². The predicted molar refractivity (Wildman–Crippen MR) is 99.8 cm³/mol. The smallest absolute Gasteiger partial charge is 0.279 e. The first-order valence-electron chi connectivity index (χ1n) is 8.46. The lowest BCUT2D eigenvalue weighted by atomic mass is 10.1. The van der Waals surface area contributed by atoms with Gasteiger partial charge in [-0.25, -0.2) is 4.98 Å². The second kappa shape index (κ2) is 6.96. The number of rotatable bonds is 5. The van der Waals surface area contributed by atoms with Crippen LogP contribution in [0.25, 0.3) is 11.0 Å². The van der Waals surface area contributed by atoms with Crippen LogP contribution >= 0.6 is 11.6 Å². The van der Waals surface area contributed by atoms with Gasteiger partial charge in [-0.2, -0.15) is 10.1 Å². The molecule has 0 saturated heterocycles. The average Bonchev–Trinajstić information content (AvgIpc) is 3.21. The predicted octanol–water partition coefficient (Wildman–Crippen LogP) is 2.31. The van der Waals surface area contributed by atoms with Gasteiger partial charge in [0, 0.05) is 18.5 Å². The molecule has 0 aliphatic rings. The van der Waals surface area contributed by atoms with Gasteiger partial charge in [0.15, 0.2) is 11.3 Å². The molecule has 1 aromatic carbocycles. The fourth-order valence-electron chi connectivity index (χ4n) is 2.98. The summed E-state index contributed by atoms with van der Waals surface area (Å²) in [5.41, 5.74) is 2.73. The number of halogens is 1. The van der Waals surface area contributed by atoms with Crippen molar-refractivity contribution in [1.82, 2.24) is 29.5 Å². The van der Waals surface area contributed by atoms with Crippen molar-refractivity contribution in [3.8, 4) is 0 Å². The van der Waals surface area contributed by atoms with Gasteiger partial charge in [-0.3, -0.25) is 14.0 Å². The van der Waals surface area contributed by atoms with Crippen LogP contribution in [0.5, 0.6) is 0 Å². The van der Waals surface area contributed by atoms with Crippen molar-refractivity contribution >= 4 is 22.6 Å². The van der Waals surface area contributed by atoms with E-state index >= 15 is 0 Å². The Kier molecular flexibility index (Phi) is 4.49. The topological polar surface area (TPSA) is 91.6 Å². The standard InChI is InChI=1S/C18H17ClN6O2/c1-11-16-17(24(2)22-11)18(26)25(10-20-16)9-15-21-14(23-27-15)8-5-12-3-6-13(19)7-4-12/h3-4,6-7,10H,5,8-9H2,1-2H3. The van der Waals surface area contributed by atoms with Gasteiger partial charge in [0.2, 0.25) is 5.89 Å². The molecule has 0 fully saturated rings. The second-order valence-corrected chi connectivity index (χ2v) is 6.75. The van der Waals surface area contributed by atoms with Crippen molar-refractivity contribution in [3.05, 3.63) is 68.9 Å². The normalized spacial score (nSPS) is 11.4. The molecule has 4 aromatic rings. The Morgan fingerprint density at radius 2 is 1.96 bits per heavy atom. The van der Waals surface area contributed by atoms with Crippen LogP contribution in [-0.4, -0.2) is 29.5 Å². The number of aryl methyl sites for hydroxylation is 4. The van der Waals surface area contributed by atoms with Crippen LogP contribution in [0.4, 0.5) is 0 Å². The Balaban J connectivity index is 1.50. The molecule has 0 radical (unpaired) electrons. The minimum Gasteiger partial charge on any atom is -0.337 e. The molecule has 0 amide bonds. The third kappa shape index (κ3) is 3.48. The maximum atomic E-state index is 12.7. The number of hydrogen-bond donors (Lipinski definition) is 0. The molecule has 0 unspecified atom stereocenters. The number of hydrogen-bond acceptors (Lipinski definition) is 6. The van der Waals surface area contributed by atoms with Gasteiger partial charge in [0.1, 0.15) is 12.1 Å². The zero-order valence-corrected chi connectivity index (χ0v) is 15.6. The highest BCUT2D eigenvalue weighted by molar-refractivity contribution is 6.30. The number of aromatic nitrogens is 6. The number of nitrogens with zero attached hydrogens (tertiary/aromatic N) is 6. The van der Waals surface area contributed by atoms with Crippen molar-refractivity contribution < 1.29 is 4.52 Å². The van der Waals surface area contributed by atoms with E-state index < -0.39 is 0 Å². The molecule has 27 heavy (non-hydrogen) atoms. The molecule has 0 atom stereocenters.